The molecule has 1 saturated heterocycles. The Bertz CT molecular complexity index is 1400. The SMILES string of the molecule is COC(=O)[C@@H]1Cc2c([nH]c3ccccc23)[C@H]2C[C@@H](NCCCn3ccnc3)C[C@@H](c3cccc(OC)c3)N21. The van der Waals surface area contributed by atoms with Crippen LogP contribution in [0.25, 0.3) is 10.9 Å². The maximum absolute atomic E-state index is 13.3. The van der Waals surface area contributed by atoms with Crippen molar-refractivity contribution in [1.82, 2.24) is 24.8 Å². The molecule has 0 radical (unpaired) electrons. The topological polar surface area (TPSA) is 84.4 Å². The van der Waals surface area contributed by atoms with Gasteiger partial charge < -0.3 is 24.3 Å². The highest BCUT2D eigenvalue weighted by Crippen LogP contribution is 2.49. The number of para-hydroxylation sites is 1. The van der Waals surface area contributed by atoms with Crippen molar-refractivity contribution in [3.05, 3.63) is 84.1 Å². The highest BCUT2D eigenvalue weighted by atomic mass is 16.5. The smallest absolute Gasteiger partial charge is 0.323 e. The Labute approximate surface area is 223 Å². The largest absolute Gasteiger partial charge is 0.497 e. The summed E-state index contributed by atoms with van der Waals surface area (Å²) in [5.74, 6) is 0.651. The number of aryl methyl sites for hydroxylation is 1. The molecule has 0 bridgehead atoms. The zero-order valence-electron chi connectivity index (χ0n) is 22.0. The fourth-order valence-corrected chi connectivity index (χ4v) is 6.47. The summed E-state index contributed by atoms with van der Waals surface area (Å²) >= 11 is 0. The number of carbonyl (C=O) groups excluding carboxylic acids is 1. The van der Waals surface area contributed by atoms with Gasteiger partial charge in [0.15, 0.2) is 0 Å². The first kappa shape index (κ1) is 24.7. The number of H-pyrrole nitrogens is 1. The standard InChI is InChI=1S/C30H35N5O3/c1-37-22-8-5-7-20(15-22)26-16-21(32-11-6-13-34-14-12-31-19-34)17-27-29-24(18-28(35(26)27)30(36)38-2)23-9-3-4-10-25(23)33-29/h3-5,7-10,12,14-15,19,21,26-28,32-33H,6,11,13,16-18H2,1-2H3/t21-,26-,27+,28-/m0/s1. The second kappa shape index (κ2) is 10.6. The van der Waals surface area contributed by atoms with Crippen LogP contribution in [0.3, 0.4) is 0 Å². The van der Waals surface area contributed by atoms with Gasteiger partial charge in [-0.1, -0.05) is 30.3 Å². The zero-order chi connectivity index (χ0) is 26.1. The number of nitrogens with zero attached hydrogens (tertiary/aromatic N) is 3. The number of ether oxygens (including phenoxy) is 2. The number of carbonyl (C=O) groups is 1. The third-order valence-electron chi connectivity index (χ3n) is 8.21. The molecule has 0 aliphatic carbocycles. The number of methoxy groups -OCH3 is 2. The van der Waals surface area contributed by atoms with E-state index in [9.17, 15) is 4.79 Å². The molecule has 6 rings (SSSR count). The molecule has 1 fully saturated rings. The van der Waals surface area contributed by atoms with E-state index < -0.39 is 0 Å². The van der Waals surface area contributed by atoms with E-state index >= 15 is 0 Å². The summed E-state index contributed by atoms with van der Waals surface area (Å²) in [4.78, 5) is 23.6. The van der Waals surface area contributed by atoms with Crippen molar-refractivity contribution >= 4 is 16.9 Å². The lowest BCUT2D eigenvalue weighted by molar-refractivity contribution is -0.152. The molecular formula is C30H35N5O3. The van der Waals surface area contributed by atoms with Crippen LogP contribution in [0.2, 0.25) is 0 Å². The van der Waals surface area contributed by atoms with Gasteiger partial charge in [0, 0.05) is 54.0 Å². The molecule has 8 nitrogen and oxygen atoms in total. The number of aromatic nitrogens is 3. The lowest BCUT2D eigenvalue weighted by Crippen LogP contribution is -2.55. The number of nitrogens with one attached hydrogen (secondary N) is 2. The number of esters is 1. The molecule has 2 aliphatic heterocycles. The third kappa shape index (κ3) is 4.59. The van der Waals surface area contributed by atoms with Crippen LogP contribution in [0.1, 0.15) is 48.2 Å². The third-order valence-corrected chi connectivity index (χ3v) is 8.21. The van der Waals surface area contributed by atoms with Gasteiger partial charge in [0.05, 0.1) is 26.6 Å². The summed E-state index contributed by atoms with van der Waals surface area (Å²) in [6, 6.07) is 16.7. The van der Waals surface area contributed by atoms with Crippen LogP contribution in [0, 0.1) is 0 Å². The van der Waals surface area contributed by atoms with Gasteiger partial charge in [0.1, 0.15) is 11.8 Å². The highest BCUT2D eigenvalue weighted by molar-refractivity contribution is 5.87. The Kier molecular flexibility index (Phi) is 6.91. The van der Waals surface area contributed by atoms with Gasteiger partial charge in [-0.05, 0) is 55.1 Å². The molecule has 0 amide bonds. The number of piperidine rings is 1. The monoisotopic (exact) mass is 513 g/mol. The number of hydrogen-bond donors (Lipinski definition) is 2. The van der Waals surface area contributed by atoms with Crippen LogP contribution in [0.4, 0.5) is 0 Å². The molecule has 0 spiro atoms. The van der Waals surface area contributed by atoms with Gasteiger partial charge in [-0.15, -0.1) is 0 Å². The van der Waals surface area contributed by atoms with Gasteiger partial charge in [0.2, 0.25) is 0 Å². The van der Waals surface area contributed by atoms with Crippen LogP contribution < -0.4 is 10.1 Å². The van der Waals surface area contributed by atoms with Crippen molar-refractivity contribution in [2.75, 3.05) is 20.8 Å². The molecule has 4 aromatic rings. The Morgan fingerprint density at radius 3 is 2.82 bits per heavy atom. The number of benzene rings is 2. The minimum Gasteiger partial charge on any atom is -0.497 e. The van der Waals surface area contributed by atoms with Crippen molar-refractivity contribution < 1.29 is 14.3 Å². The lowest BCUT2D eigenvalue weighted by atomic mass is 9.79. The zero-order valence-corrected chi connectivity index (χ0v) is 22.0. The average Bonchev–Trinajstić information content (AvgIpc) is 3.62. The number of fused-ring (bicyclic) bond motifs is 5. The van der Waals surface area contributed by atoms with Crippen LogP contribution >= 0.6 is 0 Å². The van der Waals surface area contributed by atoms with Crippen LogP contribution in [-0.2, 0) is 22.5 Å². The number of rotatable bonds is 8. The van der Waals surface area contributed by atoms with Crippen LogP contribution in [0.15, 0.2) is 67.3 Å². The molecule has 2 aliphatic rings. The van der Waals surface area contributed by atoms with E-state index in [0.717, 1.165) is 49.2 Å². The summed E-state index contributed by atoms with van der Waals surface area (Å²) in [6.07, 6.45) is 9.16. The number of aromatic amines is 1. The van der Waals surface area contributed by atoms with E-state index in [4.69, 9.17) is 9.47 Å². The van der Waals surface area contributed by atoms with Crippen molar-refractivity contribution in [3.63, 3.8) is 0 Å². The molecule has 198 valence electrons. The van der Waals surface area contributed by atoms with Crippen molar-refractivity contribution in [1.29, 1.82) is 0 Å². The second-order valence-corrected chi connectivity index (χ2v) is 10.3. The van der Waals surface area contributed by atoms with E-state index in [1.165, 1.54) is 23.8 Å². The molecule has 2 aromatic heterocycles. The van der Waals surface area contributed by atoms with Crippen LogP contribution in [0.5, 0.6) is 5.75 Å². The minimum absolute atomic E-state index is 0.0404. The maximum Gasteiger partial charge on any atom is 0.323 e. The summed E-state index contributed by atoms with van der Waals surface area (Å²) in [5, 5.41) is 5.04. The quantitative estimate of drug-likeness (QED) is 0.268. The minimum atomic E-state index is -0.352. The van der Waals surface area contributed by atoms with Crippen molar-refractivity contribution in [2.45, 2.75) is 56.4 Å². The number of imidazole rings is 1. The Balaban J connectivity index is 1.36. The molecule has 2 aromatic carbocycles. The first-order valence-electron chi connectivity index (χ1n) is 13.4. The van der Waals surface area contributed by atoms with Gasteiger partial charge in [-0.25, -0.2) is 4.98 Å². The van der Waals surface area contributed by atoms with Gasteiger partial charge in [-0.2, -0.15) is 0 Å². The molecule has 2 N–H and O–H groups in total. The van der Waals surface area contributed by atoms with E-state index in [0.29, 0.717) is 12.5 Å². The Morgan fingerprint density at radius 2 is 2.00 bits per heavy atom. The van der Waals surface area contributed by atoms with E-state index in [1.54, 1.807) is 7.11 Å². The second-order valence-electron chi connectivity index (χ2n) is 10.3. The first-order valence-corrected chi connectivity index (χ1v) is 13.4. The van der Waals surface area contributed by atoms with Crippen molar-refractivity contribution in [3.8, 4) is 5.75 Å². The molecule has 4 heterocycles. The number of hydrogen-bond acceptors (Lipinski definition) is 6. The predicted molar refractivity (Wildman–Crippen MR) is 146 cm³/mol. The van der Waals surface area contributed by atoms with Crippen molar-refractivity contribution in [2.24, 2.45) is 0 Å². The van der Waals surface area contributed by atoms with Gasteiger partial charge in [-0.3, -0.25) is 9.69 Å². The van der Waals surface area contributed by atoms with Gasteiger partial charge >= 0.3 is 5.97 Å². The molecule has 4 atom stereocenters. The molecule has 0 unspecified atom stereocenters. The highest BCUT2D eigenvalue weighted by Gasteiger charge is 2.48. The summed E-state index contributed by atoms with van der Waals surface area (Å²) in [7, 11) is 3.19. The average molecular weight is 514 g/mol. The molecule has 8 heteroatoms. The van der Waals surface area contributed by atoms with Crippen LogP contribution in [-0.4, -0.2) is 58.3 Å². The normalized spacial score (nSPS) is 23.1. The van der Waals surface area contributed by atoms with E-state index in [-0.39, 0.29) is 24.1 Å². The van der Waals surface area contributed by atoms with E-state index in [1.807, 2.05) is 30.9 Å². The van der Waals surface area contributed by atoms with E-state index in [2.05, 4.69) is 61.1 Å². The molecule has 38 heavy (non-hydrogen) atoms. The van der Waals surface area contributed by atoms with Gasteiger partial charge in [0.25, 0.3) is 0 Å². The predicted octanol–water partition coefficient (Wildman–Crippen LogP) is 4.40. The summed E-state index contributed by atoms with van der Waals surface area (Å²) in [5.41, 5.74) is 4.75. The first-order chi connectivity index (χ1) is 18.7. The lowest BCUT2D eigenvalue weighted by Gasteiger charge is -2.50. The maximum atomic E-state index is 13.3. The fourth-order valence-electron chi connectivity index (χ4n) is 6.47. The fraction of sp³-hybridized carbons (Fsp3) is 0.400. The molecule has 0 saturated carbocycles. The molecular weight excluding hydrogens is 478 g/mol. The Morgan fingerprint density at radius 1 is 1.13 bits per heavy atom. The summed E-state index contributed by atoms with van der Waals surface area (Å²) < 4.78 is 13.1. The Hall–Kier alpha value is -3.62. The summed E-state index contributed by atoms with van der Waals surface area (Å²) in [6.45, 7) is 1.85.